The Hall–Kier alpha value is -13.0. The monoisotopic (exact) mass is 1360 g/mol. The summed E-state index contributed by atoms with van der Waals surface area (Å²) in [7, 11) is 0. The van der Waals surface area contributed by atoms with E-state index in [0.717, 1.165) is 105 Å². The van der Waals surface area contributed by atoms with E-state index in [1.165, 1.54) is 54.9 Å². The van der Waals surface area contributed by atoms with Crippen molar-refractivity contribution in [2.75, 3.05) is 0 Å². The summed E-state index contributed by atoms with van der Waals surface area (Å²) in [5.41, 5.74) is 23.0. The highest BCUT2D eigenvalue weighted by Gasteiger charge is 2.22. The molecule has 14 aromatic carbocycles. The number of hydrogen-bond acceptors (Lipinski definition) is 8. The fourth-order valence-corrected chi connectivity index (χ4v) is 14.4. The number of hydrogen-bond donors (Lipinski definition) is 0. The van der Waals surface area contributed by atoms with Gasteiger partial charge in [-0.05, 0) is 112 Å². The lowest BCUT2D eigenvalue weighted by Gasteiger charge is -2.12. The predicted molar refractivity (Wildman–Crippen MR) is 414 cm³/mol. The minimum atomic E-state index is 0.625. The Bertz CT molecular complexity index is 6210. The van der Waals surface area contributed by atoms with Crippen LogP contribution in [-0.2, 0) is 6.42 Å². The summed E-state index contributed by atoms with van der Waals surface area (Å²) in [4.78, 5) is 29.0. The second kappa shape index (κ2) is 26.1. The Kier molecular flexibility index (Phi) is 15.6. The van der Waals surface area contributed by atoms with E-state index in [1.807, 2.05) is 176 Å². The zero-order valence-corrected chi connectivity index (χ0v) is 55.9. The van der Waals surface area contributed by atoms with Gasteiger partial charge in [0.1, 0.15) is 22.3 Å². The van der Waals surface area contributed by atoms with Crippen LogP contribution in [0.1, 0.15) is 11.1 Å². The molecule has 1 aliphatic carbocycles. The predicted octanol–water partition coefficient (Wildman–Crippen LogP) is 24.0. The van der Waals surface area contributed by atoms with Crippen molar-refractivity contribution >= 4 is 81.6 Å². The average Bonchev–Trinajstić information content (AvgIpc) is 1.60. The molecule has 9 nitrogen and oxygen atoms in total. The smallest absolute Gasteiger partial charge is 0.164 e. The van der Waals surface area contributed by atoms with Crippen LogP contribution in [0.3, 0.4) is 0 Å². The molecule has 0 saturated carbocycles. The van der Waals surface area contributed by atoms with Crippen LogP contribution in [0, 0.1) is 0 Å². The van der Waals surface area contributed by atoms with Gasteiger partial charge in [0.2, 0.25) is 0 Å². The van der Waals surface area contributed by atoms with Crippen LogP contribution in [0.2, 0.25) is 0 Å². The van der Waals surface area contributed by atoms with Gasteiger partial charge in [-0.1, -0.05) is 295 Å². The van der Waals surface area contributed by atoms with Gasteiger partial charge in [0, 0.05) is 75.9 Å². The van der Waals surface area contributed by atoms with Gasteiger partial charge in [-0.3, -0.25) is 0 Å². The summed E-state index contributed by atoms with van der Waals surface area (Å²) in [5.74, 6) is 3.91. The van der Waals surface area contributed by atoms with E-state index < -0.39 is 0 Å². The molecule has 476 valence electrons. The van der Waals surface area contributed by atoms with Crippen LogP contribution >= 0.6 is 15.9 Å². The quantitative estimate of drug-likeness (QED) is 0.141. The lowest BCUT2D eigenvalue weighted by atomic mass is 9.96. The van der Waals surface area contributed by atoms with Gasteiger partial charge in [0.05, 0.1) is 11.0 Å². The summed E-state index contributed by atoms with van der Waals surface area (Å²) in [6, 6.07) is 117. The van der Waals surface area contributed by atoms with Crippen LogP contribution < -0.4 is 0 Å². The van der Waals surface area contributed by atoms with Crippen LogP contribution in [0.4, 0.5) is 0 Å². The second-order valence-corrected chi connectivity index (χ2v) is 25.9. The highest BCUT2D eigenvalue weighted by molar-refractivity contribution is 9.10. The number of furan rings is 2. The minimum Gasteiger partial charge on any atom is -0.456 e. The molecule has 0 unspecified atom stereocenters. The summed E-state index contributed by atoms with van der Waals surface area (Å²) in [6.45, 7) is 0. The number of benzene rings is 14. The Morgan fingerprint density at radius 3 is 1.18 bits per heavy atom. The third kappa shape index (κ3) is 11.6. The molecule has 0 bridgehead atoms. The first kappa shape index (κ1) is 60.4. The van der Waals surface area contributed by atoms with Gasteiger partial charge in [-0.25, -0.2) is 29.9 Å². The molecule has 101 heavy (non-hydrogen) atoms. The highest BCUT2D eigenvalue weighted by Crippen LogP contribution is 2.44. The van der Waals surface area contributed by atoms with Gasteiger partial charge in [-0.15, -0.1) is 0 Å². The van der Waals surface area contributed by atoms with E-state index in [-0.39, 0.29) is 0 Å². The number of fused-ring (bicyclic) bond motifs is 12. The number of nitrogens with zero attached hydrogens (tertiary/aromatic N) is 7. The molecule has 1 aliphatic rings. The molecule has 0 N–H and O–H groups in total. The topological polar surface area (TPSA) is 109 Å². The minimum absolute atomic E-state index is 0.625. The molecular weight excluding hydrogens is 1300 g/mol. The highest BCUT2D eigenvalue weighted by atomic mass is 79.9. The number of rotatable bonds is 9. The molecule has 0 saturated heterocycles. The van der Waals surface area contributed by atoms with Crippen LogP contribution in [0.15, 0.2) is 353 Å². The fourth-order valence-electron chi connectivity index (χ4n) is 14.0. The summed E-state index contributed by atoms with van der Waals surface area (Å²) >= 11 is 3.52. The van der Waals surface area contributed by atoms with Crippen LogP contribution in [-0.4, -0.2) is 34.5 Å². The maximum atomic E-state index is 6.25. The molecule has 0 atom stereocenters. The lowest BCUT2D eigenvalue weighted by molar-refractivity contribution is 0.668. The molecule has 0 radical (unpaired) electrons. The Morgan fingerprint density at radius 1 is 0.248 bits per heavy atom. The maximum absolute atomic E-state index is 6.25. The van der Waals surface area contributed by atoms with E-state index in [9.17, 15) is 0 Å². The zero-order chi connectivity index (χ0) is 67.2. The first-order valence-electron chi connectivity index (χ1n) is 33.6. The Balaban J connectivity index is 0.000000120. The van der Waals surface area contributed by atoms with Crippen molar-refractivity contribution in [1.82, 2.24) is 34.5 Å². The third-order valence-corrected chi connectivity index (χ3v) is 19.2. The molecule has 5 heterocycles. The second-order valence-electron chi connectivity index (χ2n) is 25.0. The van der Waals surface area contributed by atoms with Crippen LogP contribution in [0.5, 0.6) is 0 Å². The van der Waals surface area contributed by atoms with Crippen molar-refractivity contribution in [3.8, 4) is 107 Å². The number of aromatic nitrogens is 7. The Morgan fingerprint density at radius 2 is 0.634 bits per heavy atom. The first-order valence-corrected chi connectivity index (χ1v) is 34.4. The lowest BCUT2D eigenvalue weighted by Crippen LogP contribution is -2.01. The van der Waals surface area contributed by atoms with Gasteiger partial charge < -0.3 is 13.4 Å². The van der Waals surface area contributed by atoms with E-state index in [2.05, 4.69) is 189 Å². The largest absolute Gasteiger partial charge is 0.456 e. The zero-order valence-electron chi connectivity index (χ0n) is 54.4. The Labute approximate surface area is 590 Å². The van der Waals surface area contributed by atoms with Crippen molar-refractivity contribution in [3.63, 3.8) is 0 Å². The van der Waals surface area contributed by atoms with Gasteiger partial charge in [0.25, 0.3) is 0 Å². The van der Waals surface area contributed by atoms with Crippen molar-refractivity contribution < 1.29 is 8.83 Å². The first-order chi connectivity index (χ1) is 50.0. The number of halogens is 1. The van der Waals surface area contributed by atoms with E-state index in [4.69, 9.17) is 33.8 Å². The van der Waals surface area contributed by atoms with Gasteiger partial charge in [-0.2, -0.15) is 0 Å². The van der Waals surface area contributed by atoms with Crippen molar-refractivity contribution in [1.29, 1.82) is 0 Å². The molecule has 0 spiro atoms. The number of para-hydroxylation sites is 3. The van der Waals surface area contributed by atoms with Crippen molar-refractivity contribution in [2.24, 2.45) is 0 Å². The molecular formula is C91H58BrN7O2. The molecule has 20 rings (SSSR count). The molecule has 19 aromatic rings. The third-order valence-electron chi connectivity index (χ3n) is 18.7. The van der Waals surface area contributed by atoms with Crippen molar-refractivity contribution in [2.45, 2.75) is 6.42 Å². The molecule has 10 heteroatoms. The molecule has 5 aromatic heterocycles. The standard InChI is InChI=1S/C45H28N4O.C25H16O.C21H14BrN3/c1-3-13-29(14-4-1)43-46-44(30-15-5-2-6-16-30)48-45(47-43)32-17-11-18-33(27-32)49-38-22-9-7-19-35(38)36-26-25-31(28-39(36)49)34-21-12-24-41-42(34)37-20-8-10-23-40(37)50-41;1-2-7-19-16(6-1)14-18-15-17(12-13-20(18)19)21-9-5-11-24-25(21)22-8-3-4-10-23(22)26-24;22-18-13-7-12-17(14-18)21-24-19(15-8-3-1-4-9-15)23-20(25-21)16-10-5-2-6-11-16/h1-28H;1-13,15H,14H2;1-14H. The summed E-state index contributed by atoms with van der Waals surface area (Å²) in [6.07, 6.45) is 1.02. The molecule has 0 fully saturated rings. The summed E-state index contributed by atoms with van der Waals surface area (Å²) < 4.78 is 15.7. The van der Waals surface area contributed by atoms with Gasteiger partial charge >= 0.3 is 0 Å². The fraction of sp³-hybridized carbons (Fsp3) is 0.0110. The van der Waals surface area contributed by atoms with E-state index in [0.29, 0.717) is 34.9 Å². The van der Waals surface area contributed by atoms with Crippen molar-refractivity contribution in [3.05, 3.63) is 355 Å². The summed E-state index contributed by atoms with van der Waals surface area (Å²) in [5, 5.41) is 7.03. The SMILES string of the molecule is Brc1cccc(-c2nc(-c3ccccc3)nc(-c3ccccc3)n2)c1.c1ccc(-c2nc(-c3ccccc3)nc(-c3cccc(-n4c5ccccc5c5ccc(-c6cccc7oc8ccccc8c67)cc54)c3)n2)cc1.c1ccc2c(c1)Cc1cc(-c3cccc4oc5ccccc5c34)ccc1-2. The normalized spacial score (nSPS) is 11.6. The maximum Gasteiger partial charge on any atom is 0.164 e. The van der Waals surface area contributed by atoms with Crippen LogP contribution in [0.25, 0.3) is 173 Å². The van der Waals surface area contributed by atoms with E-state index in [1.54, 1.807) is 0 Å². The molecule has 0 amide bonds. The molecule has 0 aliphatic heterocycles. The van der Waals surface area contributed by atoms with E-state index >= 15 is 0 Å². The average molecular weight is 1360 g/mol. The van der Waals surface area contributed by atoms with Gasteiger partial charge in [0.15, 0.2) is 34.9 Å².